The summed E-state index contributed by atoms with van der Waals surface area (Å²) in [5, 5.41) is 5.24. The summed E-state index contributed by atoms with van der Waals surface area (Å²) in [6.45, 7) is 3.08. The summed E-state index contributed by atoms with van der Waals surface area (Å²) < 4.78 is 1.94. The van der Waals surface area contributed by atoms with Crippen LogP contribution in [0.1, 0.15) is 5.69 Å². The summed E-state index contributed by atoms with van der Waals surface area (Å²) in [6.07, 6.45) is 3.85. The maximum atomic E-state index is 12.2. The molecule has 1 unspecified atom stereocenters. The van der Waals surface area contributed by atoms with E-state index in [1.54, 1.807) is 21.1 Å². The topological polar surface area (TPSA) is 70.0 Å². The number of carbonyl (C=O) groups is 2. The number of rotatable bonds is 2. The van der Waals surface area contributed by atoms with Crippen molar-refractivity contribution in [2.24, 2.45) is 0 Å². The van der Waals surface area contributed by atoms with Crippen molar-refractivity contribution in [3.63, 3.8) is 0 Å². The van der Waals surface area contributed by atoms with Crippen molar-refractivity contribution in [3.05, 3.63) is 23.5 Å². The van der Waals surface area contributed by atoms with Crippen LogP contribution < -0.4 is 5.32 Å². The molecule has 2 saturated heterocycles. The van der Waals surface area contributed by atoms with E-state index in [-0.39, 0.29) is 11.9 Å². The second-order valence-electron chi connectivity index (χ2n) is 5.37. The highest BCUT2D eigenvalue weighted by Gasteiger charge is 2.40. The van der Waals surface area contributed by atoms with Crippen LogP contribution in [-0.2, 0) is 16.1 Å². The van der Waals surface area contributed by atoms with E-state index >= 15 is 0 Å². The largest absolute Gasteiger partial charge is 0.327 e. The van der Waals surface area contributed by atoms with Gasteiger partial charge < -0.3 is 15.1 Å². The summed E-state index contributed by atoms with van der Waals surface area (Å²) >= 11 is 1.55. The Kier molecular flexibility index (Phi) is 2.93. The fourth-order valence-corrected chi connectivity index (χ4v) is 3.69. The molecule has 0 aromatic carbocycles. The van der Waals surface area contributed by atoms with Crippen LogP contribution in [0.25, 0.3) is 4.96 Å². The van der Waals surface area contributed by atoms with Gasteiger partial charge in [0.2, 0.25) is 0 Å². The van der Waals surface area contributed by atoms with Crippen molar-refractivity contribution >= 4 is 28.1 Å². The Hall–Kier alpha value is -1.93. The highest BCUT2D eigenvalue weighted by Crippen LogP contribution is 2.18. The SMILES string of the molecule is O=C1C(=O)N2CCNCC2CN1Cc1cn2ccsc2n1. The molecule has 4 heterocycles. The zero-order valence-electron chi connectivity index (χ0n) is 11.4. The average Bonchev–Trinajstić information content (AvgIpc) is 3.05. The Morgan fingerprint density at radius 3 is 3.14 bits per heavy atom. The number of carbonyl (C=O) groups excluding carboxylic acids is 2. The standard InChI is InChI=1S/C13H15N5O2S/c19-11-12(20)18-2-1-14-5-10(18)8-17(11)7-9-6-16-3-4-21-13(16)15-9/h3-4,6,10,14H,1-2,5,7-8H2. The number of imidazole rings is 1. The first kappa shape index (κ1) is 12.8. The Balaban J connectivity index is 1.55. The van der Waals surface area contributed by atoms with E-state index in [4.69, 9.17) is 0 Å². The van der Waals surface area contributed by atoms with Gasteiger partial charge in [-0.3, -0.25) is 14.0 Å². The minimum absolute atomic E-state index is 0.0766. The molecule has 0 bridgehead atoms. The molecule has 4 rings (SSSR count). The predicted octanol–water partition coefficient (Wildman–Crippen LogP) is -0.462. The molecule has 2 fully saturated rings. The molecule has 21 heavy (non-hydrogen) atoms. The first-order valence-corrected chi connectivity index (χ1v) is 7.82. The third-order valence-corrected chi connectivity index (χ3v) is 4.78. The molecule has 2 aliphatic rings. The van der Waals surface area contributed by atoms with E-state index in [1.807, 2.05) is 22.2 Å². The fourth-order valence-electron chi connectivity index (χ4n) is 2.97. The van der Waals surface area contributed by atoms with Crippen molar-refractivity contribution in [2.75, 3.05) is 26.2 Å². The van der Waals surface area contributed by atoms with Crippen molar-refractivity contribution in [1.82, 2.24) is 24.5 Å². The molecule has 0 radical (unpaired) electrons. The number of hydrogen-bond donors (Lipinski definition) is 1. The molecule has 2 amide bonds. The molecule has 8 heteroatoms. The highest BCUT2D eigenvalue weighted by atomic mass is 32.1. The second-order valence-corrected chi connectivity index (χ2v) is 6.24. The number of aromatic nitrogens is 2. The monoisotopic (exact) mass is 305 g/mol. The molecule has 110 valence electrons. The van der Waals surface area contributed by atoms with E-state index in [0.717, 1.165) is 23.7 Å². The Labute approximate surface area is 125 Å². The molecule has 0 aliphatic carbocycles. The van der Waals surface area contributed by atoms with Crippen LogP contribution in [0.15, 0.2) is 17.8 Å². The molecule has 2 aromatic heterocycles. The van der Waals surface area contributed by atoms with Crippen LogP contribution in [0, 0.1) is 0 Å². The number of nitrogens with one attached hydrogen (secondary N) is 1. The van der Waals surface area contributed by atoms with Crippen LogP contribution >= 0.6 is 11.3 Å². The molecule has 1 N–H and O–H groups in total. The normalized spacial score (nSPS) is 23.0. The molecular formula is C13H15N5O2S. The van der Waals surface area contributed by atoms with Gasteiger partial charge in [-0.15, -0.1) is 11.3 Å². The van der Waals surface area contributed by atoms with Gasteiger partial charge in [-0.25, -0.2) is 4.98 Å². The van der Waals surface area contributed by atoms with Gasteiger partial charge in [0.15, 0.2) is 4.96 Å². The van der Waals surface area contributed by atoms with E-state index in [1.165, 1.54) is 0 Å². The first-order chi connectivity index (χ1) is 10.2. The molecular weight excluding hydrogens is 290 g/mol. The summed E-state index contributed by atoms with van der Waals surface area (Å²) in [5.41, 5.74) is 0.820. The zero-order valence-corrected chi connectivity index (χ0v) is 12.2. The Morgan fingerprint density at radius 2 is 2.29 bits per heavy atom. The summed E-state index contributed by atoms with van der Waals surface area (Å²) in [5.74, 6) is -0.793. The smallest absolute Gasteiger partial charge is 0.312 e. The van der Waals surface area contributed by atoms with Gasteiger partial charge in [-0.05, 0) is 0 Å². The number of thiazole rings is 1. The maximum absolute atomic E-state index is 12.2. The van der Waals surface area contributed by atoms with E-state index in [9.17, 15) is 9.59 Å². The lowest BCUT2D eigenvalue weighted by molar-refractivity contribution is -0.160. The van der Waals surface area contributed by atoms with Crippen molar-refractivity contribution in [2.45, 2.75) is 12.6 Å². The third kappa shape index (κ3) is 2.11. The molecule has 2 aromatic rings. The zero-order chi connectivity index (χ0) is 14.4. The minimum Gasteiger partial charge on any atom is -0.327 e. The van der Waals surface area contributed by atoms with Gasteiger partial charge in [-0.2, -0.15) is 0 Å². The number of amides is 2. The van der Waals surface area contributed by atoms with Gasteiger partial charge in [0, 0.05) is 44.0 Å². The van der Waals surface area contributed by atoms with E-state index < -0.39 is 5.91 Å². The molecule has 0 saturated carbocycles. The lowest BCUT2D eigenvalue weighted by atomic mass is 10.1. The Bertz CT molecular complexity index is 680. The van der Waals surface area contributed by atoms with E-state index in [0.29, 0.717) is 19.6 Å². The van der Waals surface area contributed by atoms with Crippen molar-refractivity contribution < 1.29 is 9.59 Å². The van der Waals surface area contributed by atoms with Crippen LogP contribution in [0.3, 0.4) is 0 Å². The molecule has 1 atom stereocenters. The summed E-state index contributed by atoms with van der Waals surface area (Å²) in [6, 6.07) is 0.0766. The number of nitrogens with zero attached hydrogens (tertiary/aromatic N) is 4. The minimum atomic E-state index is -0.412. The molecule has 2 aliphatic heterocycles. The fraction of sp³-hybridized carbons (Fsp3) is 0.462. The molecule has 7 nitrogen and oxygen atoms in total. The Morgan fingerprint density at radius 1 is 1.38 bits per heavy atom. The number of piperazine rings is 2. The number of fused-ring (bicyclic) bond motifs is 2. The number of hydrogen-bond acceptors (Lipinski definition) is 5. The van der Waals surface area contributed by atoms with Crippen molar-refractivity contribution in [1.29, 1.82) is 0 Å². The maximum Gasteiger partial charge on any atom is 0.312 e. The van der Waals surface area contributed by atoms with Gasteiger partial charge >= 0.3 is 11.8 Å². The summed E-state index contributed by atoms with van der Waals surface area (Å²) in [4.78, 5) is 33.1. The van der Waals surface area contributed by atoms with Crippen LogP contribution in [0.4, 0.5) is 0 Å². The van der Waals surface area contributed by atoms with E-state index in [2.05, 4.69) is 10.3 Å². The first-order valence-electron chi connectivity index (χ1n) is 6.94. The van der Waals surface area contributed by atoms with Gasteiger partial charge in [0.05, 0.1) is 18.3 Å². The quantitative estimate of drug-likeness (QED) is 0.762. The van der Waals surface area contributed by atoms with Crippen LogP contribution in [-0.4, -0.2) is 63.2 Å². The highest BCUT2D eigenvalue weighted by molar-refractivity contribution is 7.15. The molecule has 0 spiro atoms. The van der Waals surface area contributed by atoms with Crippen molar-refractivity contribution in [3.8, 4) is 0 Å². The van der Waals surface area contributed by atoms with Gasteiger partial charge in [0.1, 0.15) is 0 Å². The lowest BCUT2D eigenvalue weighted by Crippen LogP contribution is -2.65. The average molecular weight is 305 g/mol. The van der Waals surface area contributed by atoms with Crippen LogP contribution in [0.5, 0.6) is 0 Å². The summed E-state index contributed by atoms with van der Waals surface area (Å²) in [7, 11) is 0. The lowest BCUT2D eigenvalue weighted by Gasteiger charge is -2.43. The van der Waals surface area contributed by atoms with Gasteiger partial charge in [-0.1, -0.05) is 0 Å². The van der Waals surface area contributed by atoms with Gasteiger partial charge in [0.25, 0.3) is 0 Å². The predicted molar refractivity (Wildman–Crippen MR) is 76.9 cm³/mol. The third-order valence-electron chi connectivity index (χ3n) is 4.01. The second kappa shape index (κ2) is 4.81. The van der Waals surface area contributed by atoms with Crippen LogP contribution in [0.2, 0.25) is 0 Å².